The first-order valence-electron chi connectivity index (χ1n) is 5.28. The number of aliphatic hydroxyl groups is 1. The van der Waals surface area contributed by atoms with Crippen LogP contribution in [-0.2, 0) is 14.6 Å². The van der Waals surface area contributed by atoms with Gasteiger partial charge in [-0.05, 0) is 26.7 Å². The van der Waals surface area contributed by atoms with E-state index in [9.17, 15) is 13.2 Å². The summed E-state index contributed by atoms with van der Waals surface area (Å²) in [5.74, 6) is -0.514. The van der Waals surface area contributed by atoms with Gasteiger partial charge in [0.25, 0.3) is 0 Å². The molecule has 6 heteroatoms. The molecule has 0 fully saturated rings. The molecule has 2 unspecified atom stereocenters. The Kier molecular flexibility index (Phi) is 5.41. The Morgan fingerprint density at radius 1 is 1.50 bits per heavy atom. The van der Waals surface area contributed by atoms with Gasteiger partial charge in [-0.25, -0.2) is 8.42 Å². The molecular weight excluding hydrogens is 230 g/mol. The standard InChI is InChI=1S/C10H21NO4S/c1-5-10(3,6-7-12)11-9(13)8(2)16(4,14)15/h8,12H,5-7H2,1-4H3,(H,11,13). The zero-order valence-electron chi connectivity index (χ0n) is 10.3. The number of sulfone groups is 1. The first kappa shape index (κ1) is 15.4. The smallest absolute Gasteiger partial charge is 0.238 e. The Balaban J connectivity index is 4.66. The lowest BCUT2D eigenvalue weighted by Gasteiger charge is -2.30. The van der Waals surface area contributed by atoms with Crippen LogP contribution in [0.25, 0.3) is 0 Å². The quantitative estimate of drug-likeness (QED) is 0.700. The summed E-state index contributed by atoms with van der Waals surface area (Å²) < 4.78 is 22.4. The second-order valence-corrected chi connectivity index (χ2v) is 6.71. The van der Waals surface area contributed by atoms with Crippen molar-refractivity contribution in [1.29, 1.82) is 0 Å². The van der Waals surface area contributed by atoms with Crippen LogP contribution in [0, 0.1) is 0 Å². The van der Waals surface area contributed by atoms with E-state index in [1.807, 2.05) is 6.92 Å². The molecule has 0 aliphatic heterocycles. The van der Waals surface area contributed by atoms with Crippen molar-refractivity contribution in [3.63, 3.8) is 0 Å². The van der Waals surface area contributed by atoms with Crippen LogP contribution in [0.5, 0.6) is 0 Å². The molecule has 16 heavy (non-hydrogen) atoms. The molecule has 96 valence electrons. The second kappa shape index (κ2) is 5.63. The van der Waals surface area contributed by atoms with Gasteiger partial charge in [0, 0.05) is 18.4 Å². The van der Waals surface area contributed by atoms with Crippen molar-refractivity contribution in [3.8, 4) is 0 Å². The Bertz CT molecular complexity index is 339. The van der Waals surface area contributed by atoms with Crippen LogP contribution in [0.1, 0.15) is 33.6 Å². The maximum atomic E-state index is 11.7. The van der Waals surface area contributed by atoms with E-state index in [1.165, 1.54) is 6.92 Å². The largest absolute Gasteiger partial charge is 0.396 e. The van der Waals surface area contributed by atoms with E-state index in [4.69, 9.17) is 5.11 Å². The molecule has 0 aliphatic rings. The Morgan fingerprint density at radius 2 is 2.00 bits per heavy atom. The summed E-state index contributed by atoms with van der Waals surface area (Å²) in [6.45, 7) is 4.98. The third-order valence-corrected chi connectivity index (χ3v) is 4.38. The van der Waals surface area contributed by atoms with Gasteiger partial charge in [0.2, 0.25) is 5.91 Å². The van der Waals surface area contributed by atoms with Gasteiger partial charge in [0.1, 0.15) is 5.25 Å². The van der Waals surface area contributed by atoms with Crippen molar-refractivity contribution in [1.82, 2.24) is 5.32 Å². The van der Waals surface area contributed by atoms with Crippen molar-refractivity contribution >= 4 is 15.7 Å². The third-order valence-electron chi connectivity index (χ3n) is 2.88. The summed E-state index contributed by atoms with van der Waals surface area (Å²) in [6, 6.07) is 0. The highest BCUT2D eigenvalue weighted by Gasteiger charge is 2.30. The molecular formula is C10H21NO4S. The Morgan fingerprint density at radius 3 is 2.31 bits per heavy atom. The number of rotatable bonds is 6. The van der Waals surface area contributed by atoms with E-state index in [1.54, 1.807) is 6.92 Å². The summed E-state index contributed by atoms with van der Waals surface area (Å²) in [6.07, 6.45) is 2.08. The molecule has 1 amide bonds. The number of carbonyl (C=O) groups excluding carboxylic acids is 1. The second-order valence-electron chi connectivity index (χ2n) is 4.35. The topological polar surface area (TPSA) is 83.5 Å². The molecule has 0 saturated carbocycles. The van der Waals surface area contributed by atoms with Gasteiger partial charge in [0.05, 0.1) is 0 Å². The van der Waals surface area contributed by atoms with Crippen molar-refractivity contribution in [2.45, 2.75) is 44.4 Å². The molecule has 5 nitrogen and oxygen atoms in total. The van der Waals surface area contributed by atoms with Crippen molar-refractivity contribution < 1.29 is 18.3 Å². The number of hydrogen-bond acceptors (Lipinski definition) is 4. The van der Waals surface area contributed by atoms with E-state index >= 15 is 0 Å². The minimum atomic E-state index is -3.37. The summed E-state index contributed by atoms with van der Waals surface area (Å²) in [5.41, 5.74) is -0.551. The molecule has 2 N–H and O–H groups in total. The van der Waals surface area contributed by atoms with E-state index < -0.39 is 26.5 Å². The van der Waals surface area contributed by atoms with E-state index in [0.29, 0.717) is 12.8 Å². The monoisotopic (exact) mass is 251 g/mol. The van der Waals surface area contributed by atoms with E-state index in [-0.39, 0.29) is 6.61 Å². The molecule has 0 saturated heterocycles. The lowest BCUT2D eigenvalue weighted by atomic mass is 9.95. The van der Waals surface area contributed by atoms with Crippen LogP contribution in [0.15, 0.2) is 0 Å². The molecule has 0 rings (SSSR count). The van der Waals surface area contributed by atoms with Gasteiger partial charge in [-0.15, -0.1) is 0 Å². The normalized spacial score (nSPS) is 17.6. The minimum Gasteiger partial charge on any atom is -0.396 e. The predicted octanol–water partition coefficient (Wildman–Crippen LogP) is 0.0868. The SMILES string of the molecule is CCC(C)(CCO)NC(=O)C(C)S(C)(=O)=O. The van der Waals surface area contributed by atoms with Crippen LogP contribution in [0.4, 0.5) is 0 Å². The highest BCUT2D eigenvalue weighted by molar-refractivity contribution is 7.92. The van der Waals surface area contributed by atoms with Crippen LogP contribution >= 0.6 is 0 Å². The fraction of sp³-hybridized carbons (Fsp3) is 0.900. The molecule has 0 spiro atoms. The number of aliphatic hydroxyl groups excluding tert-OH is 1. The van der Waals surface area contributed by atoms with Gasteiger partial charge < -0.3 is 10.4 Å². The zero-order valence-corrected chi connectivity index (χ0v) is 11.1. The van der Waals surface area contributed by atoms with Crippen LogP contribution in [0.3, 0.4) is 0 Å². The number of nitrogens with one attached hydrogen (secondary N) is 1. The molecule has 0 aromatic heterocycles. The lowest BCUT2D eigenvalue weighted by molar-refractivity contribution is -0.122. The Labute approximate surface area is 97.2 Å². The van der Waals surface area contributed by atoms with E-state index in [0.717, 1.165) is 6.26 Å². The van der Waals surface area contributed by atoms with E-state index in [2.05, 4.69) is 5.32 Å². The fourth-order valence-electron chi connectivity index (χ4n) is 1.17. The number of amides is 1. The molecule has 0 aromatic carbocycles. The minimum absolute atomic E-state index is 0.0438. The van der Waals surface area contributed by atoms with Gasteiger partial charge in [-0.3, -0.25) is 4.79 Å². The van der Waals surface area contributed by atoms with Crippen LogP contribution in [-0.4, -0.2) is 43.1 Å². The third kappa shape index (κ3) is 4.49. The molecule has 0 bridgehead atoms. The fourth-order valence-corrected chi connectivity index (χ4v) is 1.62. The Hall–Kier alpha value is -0.620. The maximum absolute atomic E-state index is 11.7. The van der Waals surface area contributed by atoms with Crippen LogP contribution in [0.2, 0.25) is 0 Å². The highest BCUT2D eigenvalue weighted by atomic mass is 32.2. The van der Waals surface area contributed by atoms with Gasteiger partial charge in [-0.2, -0.15) is 0 Å². The molecule has 0 radical (unpaired) electrons. The summed E-state index contributed by atoms with van der Waals surface area (Å²) in [5, 5.41) is 10.5. The molecule has 0 aliphatic carbocycles. The van der Waals surface area contributed by atoms with Crippen molar-refractivity contribution in [2.75, 3.05) is 12.9 Å². The number of hydrogen-bond donors (Lipinski definition) is 2. The van der Waals surface area contributed by atoms with Gasteiger partial charge in [-0.1, -0.05) is 6.92 Å². The van der Waals surface area contributed by atoms with Gasteiger partial charge >= 0.3 is 0 Å². The summed E-state index contributed by atoms with van der Waals surface area (Å²) in [4.78, 5) is 11.7. The first-order chi connectivity index (χ1) is 7.16. The lowest BCUT2D eigenvalue weighted by Crippen LogP contribution is -2.50. The number of carbonyl (C=O) groups is 1. The summed E-state index contributed by atoms with van der Waals surface area (Å²) >= 11 is 0. The van der Waals surface area contributed by atoms with Crippen molar-refractivity contribution in [2.24, 2.45) is 0 Å². The van der Waals surface area contributed by atoms with Crippen molar-refractivity contribution in [3.05, 3.63) is 0 Å². The average molecular weight is 251 g/mol. The maximum Gasteiger partial charge on any atom is 0.238 e. The molecule has 0 aromatic rings. The summed E-state index contributed by atoms with van der Waals surface area (Å²) in [7, 11) is -3.37. The predicted molar refractivity (Wildman–Crippen MR) is 62.8 cm³/mol. The average Bonchev–Trinajstić information content (AvgIpc) is 2.15. The highest BCUT2D eigenvalue weighted by Crippen LogP contribution is 2.14. The van der Waals surface area contributed by atoms with Crippen LogP contribution < -0.4 is 5.32 Å². The molecule has 0 heterocycles. The first-order valence-corrected chi connectivity index (χ1v) is 7.23. The van der Waals surface area contributed by atoms with Gasteiger partial charge in [0.15, 0.2) is 9.84 Å². The molecule has 2 atom stereocenters. The zero-order chi connectivity index (χ0) is 13.0.